The number of rotatable bonds is 5. The molecule has 0 fully saturated rings. The van der Waals surface area contributed by atoms with E-state index in [-0.39, 0.29) is 23.5 Å². The highest BCUT2D eigenvalue weighted by molar-refractivity contribution is 6.05. The van der Waals surface area contributed by atoms with Crippen molar-refractivity contribution in [1.82, 2.24) is 10.3 Å². The molecule has 0 bridgehead atoms. The fourth-order valence-corrected chi connectivity index (χ4v) is 2.34. The van der Waals surface area contributed by atoms with E-state index < -0.39 is 17.6 Å². The van der Waals surface area contributed by atoms with Gasteiger partial charge in [0.2, 0.25) is 0 Å². The molecule has 0 atom stereocenters. The third-order valence-electron chi connectivity index (χ3n) is 3.71. The first-order valence-electron chi connectivity index (χ1n) is 8.06. The molecule has 5 nitrogen and oxygen atoms in total. The Morgan fingerprint density at radius 1 is 0.852 bits per heavy atom. The summed E-state index contributed by atoms with van der Waals surface area (Å²) in [5.74, 6) is -1.76. The summed E-state index contributed by atoms with van der Waals surface area (Å²) >= 11 is 0. The molecule has 3 rings (SSSR count). The molecule has 7 heteroatoms. The van der Waals surface area contributed by atoms with Crippen LogP contribution in [0.1, 0.15) is 26.3 Å². The lowest BCUT2D eigenvalue weighted by Gasteiger charge is -2.08. The minimum absolute atomic E-state index is 0.161. The monoisotopic (exact) mass is 367 g/mol. The van der Waals surface area contributed by atoms with Crippen LogP contribution in [0.2, 0.25) is 0 Å². The van der Waals surface area contributed by atoms with Gasteiger partial charge in [-0.3, -0.25) is 14.6 Å². The van der Waals surface area contributed by atoms with Crippen molar-refractivity contribution in [3.63, 3.8) is 0 Å². The minimum atomic E-state index is -0.513. The second kappa shape index (κ2) is 8.18. The summed E-state index contributed by atoms with van der Waals surface area (Å²) in [6.45, 7) is 0.207. The van der Waals surface area contributed by atoms with E-state index >= 15 is 0 Å². The molecule has 0 saturated carbocycles. The Labute approximate surface area is 154 Å². The summed E-state index contributed by atoms with van der Waals surface area (Å²) in [4.78, 5) is 28.4. The molecule has 0 unspecified atom stereocenters. The number of nitrogens with one attached hydrogen (secondary N) is 2. The lowest BCUT2D eigenvalue weighted by Crippen LogP contribution is -2.23. The van der Waals surface area contributed by atoms with Crippen molar-refractivity contribution in [2.24, 2.45) is 0 Å². The average Bonchev–Trinajstić information content (AvgIpc) is 2.67. The summed E-state index contributed by atoms with van der Waals surface area (Å²) in [7, 11) is 0. The van der Waals surface area contributed by atoms with E-state index in [1.54, 1.807) is 18.2 Å². The zero-order chi connectivity index (χ0) is 19.2. The summed E-state index contributed by atoms with van der Waals surface area (Å²) < 4.78 is 26.1. The Hall–Kier alpha value is -3.61. The molecule has 3 aromatic rings. The Bertz CT molecular complexity index is 975. The topological polar surface area (TPSA) is 71.1 Å². The molecule has 0 aliphatic carbocycles. The van der Waals surface area contributed by atoms with Crippen molar-refractivity contribution in [3.05, 3.63) is 95.3 Å². The van der Waals surface area contributed by atoms with Gasteiger partial charge >= 0.3 is 0 Å². The van der Waals surface area contributed by atoms with Crippen molar-refractivity contribution in [2.75, 3.05) is 5.32 Å². The second-order valence-corrected chi connectivity index (χ2v) is 5.74. The van der Waals surface area contributed by atoms with Crippen LogP contribution < -0.4 is 10.6 Å². The number of anilines is 1. The van der Waals surface area contributed by atoms with Gasteiger partial charge in [-0.1, -0.05) is 18.2 Å². The number of hydrogen-bond donors (Lipinski definition) is 2. The van der Waals surface area contributed by atoms with Crippen LogP contribution in [0.25, 0.3) is 0 Å². The van der Waals surface area contributed by atoms with Crippen molar-refractivity contribution in [3.8, 4) is 0 Å². The molecular formula is C20H15F2N3O2. The highest BCUT2D eigenvalue weighted by Crippen LogP contribution is 2.12. The molecule has 27 heavy (non-hydrogen) atoms. The Balaban J connectivity index is 1.66. The number of hydrogen-bond acceptors (Lipinski definition) is 3. The summed E-state index contributed by atoms with van der Waals surface area (Å²) in [6.07, 6.45) is 2.64. The normalized spacial score (nSPS) is 10.3. The molecule has 2 aromatic carbocycles. The molecule has 1 aromatic heterocycles. The van der Waals surface area contributed by atoms with Gasteiger partial charge in [0.15, 0.2) is 0 Å². The number of benzene rings is 2. The van der Waals surface area contributed by atoms with Gasteiger partial charge in [-0.2, -0.15) is 0 Å². The predicted molar refractivity (Wildman–Crippen MR) is 96.2 cm³/mol. The standard InChI is InChI=1S/C20H15F2N3O2/c21-16-6-4-13(5-7-16)10-24-19(26)14-8-15(12-23-11-14)20(27)25-18-3-1-2-17(22)9-18/h1-9,11-12H,10H2,(H,24,26)(H,25,27). The van der Waals surface area contributed by atoms with Crippen LogP contribution >= 0.6 is 0 Å². The average molecular weight is 367 g/mol. The van der Waals surface area contributed by atoms with Crippen molar-refractivity contribution < 1.29 is 18.4 Å². The first-order valence-corrected chi connectivity index (χ1v) is 8.06. The van der Waals surface area contributed by atoms with Crippen LogP contribution in [0.4, 0.5) is 14.5 Å². The zero-order valence-electron chi connectivity index (χ0n) is 14.1. The first kappa shape index (κ1) is 18.2. The maximum absolute atomic E-state index is 13.2. The molecule has 0 saturated heterocycles. The fourth-order valence-electron chi connectivity index (χ4n) is 2.34. The molecule has 2 amide bonds. The third-order valence-corrected chi connectivity index (χ3v) is 3.71. The van der Waals surface area contributed by atoms with Gasteiger partial charge in [0.1, 0.15) is 11.6 Å². The highest BCUT2D eigenvalue weighted by atomic mass is 19.1. The van der Waals surface area contributed by atoms with E-state index in [1.165, 1.54) is 48.8 Å². The predicted octanol–water partition coefficient (Wildman–Crippen LogP) is 3.54. The smallest absolute Gasteiger partial charge is 0.257 e. The van der Waals surface area contributed by atoms with E-state index in [9.17, 15) is 18.4 Å². The molecule has 0 radical (unpaired) electrons. The largest absolute Gasteiger partial charge is 0.348 e. The Morgan fingerprint density at radius 3 is 2.26 bits per heavy atom. The first-order chi connectivity index (χ1) is 13.0. The van der Waals surface area contributed by atoms with Gasteiger partial charge in [0, 0.05) is 24.6 Å². The fraction of sp³-hybridized carbons (Fsp3) is 0.0500. The SMILES string of the molecule is O=C(NCc1ccc(F)cc1)c1cncc(C(=O)Nc2cccc(F)c2)c1. The molecule has 2 N–H and O–H groups in total. The maximum atomic E-state index is 13.2. The number of carbonyl (C=O) groups excluding carboxylic acids is 2. The van der Waals surface area contributed by atoms with Crippen molar-refractivity contribution in [2.45, 2.75) is 6.54 Å². The number of aromatic nitrogens is 1. The van der Waals surface area contributed by atoms with Crippen LogP contribution in [0.5, 0.6) is 0 Å². The molecule has 1 heterocycles. The van der Waals surface area contributed by atoms with E-state index in [2.05, 4.69) is 15.6 Å². The van der Waals surface area contributed by atoms with Gasteiger partial charge < -0.3 is 10.6 Å². The van der Waals surface area contributed by atoms with E-state index in [4.69, 9.17) is 0 Å². The van der Waals surface area contributed by atoms with E-state index in [0.717, 1.165) is 5.56 Å². The minimum Gasteiger partial charge on any atom is -0.348 e. The Kier molecular flexibility index (Phi) is 5.51. The number of amides is 2. The van der Waals surface area contributed by atoms with E-state index in [1.807, 2.05) is 0 Å². The molecule has 0 aliphatic rings. The van der Waals surface area contributed by atoms with Crippen molar-refractivity contribution >= 4 is 17.5 Å². The molecule has 0 spiro atoms. The summed E-state index contributed by atoms with van der Waals surface area (Å²) in [5, 5.41) is 5.22. The van der Waals surface area contributed by atoms with E-state index in [0.29, 0.717) is 5.69 Å². The van der Waals surface area contributed by atoms with Crippen LogP contribution in [0.15, 0.2) is 67.0 Å². The molecule has 0 aliphatic heterocycles. The Morgan fingerprint density at radius 2 is 1.56 bits per heavy atom. The van der Waals surface area contributed by atoms with Crippen LogP contribution in [-0.4, -0.2) is 16.8 Å². The second-order valence-electron chi connectivity index (χ2n) is 5.74. The number of nitrogens with zero attached hydrogens (tertiary/aromatic N) is 1. The molecule has 136 valence electrons. The van der Waals surface area contributed by atoms with Gasteiger partial charge in [0.25, 0.3) is 11.8 Å². The van der Waals surface area contributed by atoms with Crippen LogP contribution in [0.3, 0.4) is 0 Å². The van der Waals surface area contributed by atoms with Crippen LogP contribution in [-0.2, 0) is 6.54 Å². The number of halogens is 2. The van der Waals surface area contributed by atoms with Gasteiger partial charge in [-0.25, -0.2) is 8.78 Å². The molecular weight excluding hydrogens is 352 g/mol. The summed E-state index contributed by atoms with van der Waals surface area (Å²) in [6, 6.07) is 12.6. The van der Waals surface area contributed by atoms with Gasteiger partial charge in [0.05, 0.1) is 11.1 Å². The quantitative estimate of drug-likeness (QED) is 0.725. The zero-order valence-corrected chi connectivity index (χ0v) is 14.1. The van der Waals surface area contributed by atoms with Crippen molar-refractivity contribution in [1.29, 1.82) is 0 Å². The number of carbonyl (C=O) groups is 2. The lowest BCUT2D eigenvalue weighted by molar-refractivity contribution is 0.0950. The lowest BCUT2D eigenvalue weighted by atomic mass is 10.1. The maximum Gasteiger partial charge on any atom is 0.257 e. The van der Waals surface area contributed by atoms with Gasteiger partial charge in [-0.15, -0.1) is 0 Å². The number of pyridine rings is 1. The van der Waals surface area contributed by atoms with Crippen LogP contribution in [0, 0.1) is 11.6 Å². The third kappa shape index (κ3) is 4.94. The highest BCUT2D eigenvalue weighted by Gasteiger charge is 2.12. The summed E-state index contributed by atoms with van der Waals surface area (Å²) in [5.41, 5.74) is 1.39. The van der Waals surface area contributed by atoms with Gasteiger partial charge in [-0.05, 0) is 42.0 Å².